The van der Waals surface area contributed by atoms with E-state index < -0.39 is 0 Å². The molecule has 0 saturated carbocycles. The Bertz CT molecular complexity index is 436. The van der Waals surface area contributed by atoms with Crippen LogP contribution in [0.5, 0.6) is 0 Å². The summed E-state index contributed by atoms with van der Waals surface area (Å²) in [5.41, 5.74) is 1.20. The largest absolute Gasteiger partial charge is 0.319 e. The molecule has 12 heavy (non-hydrogen) atoms. The zero-order chi connectivity index (χ0) is 8.72. The standard InChI is InChI=1S/C8H6BrFN2/c1-12-7-5(10)3-2-4-6(7)11-8(12)9/h2-4H,1H3. The summed E-state index contributed by atoms with van der Waals surface area (Å²) in [5, 5.41) is 0. The van der Waals surface area contributed by atoms with Crippen molar-refractivity contribution in [3.63, 3.8) is 0 Å². The van der Waals surface area contributed by atoms with Crippen LogP contribution in [0, 0.1) is 5.82 Å². The number of hydrogen-bond acceptors (Lipinski definition) is 1. The van der Waals surface area contributed by atoms with Crippen LogP contribution in [0.1, 0.15) is 0 Å². The topological polar surface area (TPSA) is 17.8 Å². The van der Waals surface area contributed by atoms with E-state index in [-0.39, 0.29) is 5.82 Å². The molecule has 62 valence electrons. The molecule has 2 aromatic rings. The number of rotatable bonds is 0. The van der Waals surface area contributed by atoms with Gasteiger partial charge in [-0.1, -0.05) is 6.07 Å². The lowest BCUT2D eigenvalue weighted by Crippen LogP contribution is -1.89. The molecule has 1 heterocycles. The van der Waals surface area contributed by atoms with E-state index in [4.69, 9.17) is 0 Å². The minimum atomic E-state index is -0.242. The first-order valence-corrected chi connectivity index (χ1v) is 4.26. The van der Waals surface area contributed by atoms with Gasteiger partial charge in [0, 0.05) is 7.05 Å². The van der Waals surface area contributed by atoms with Gasteiger partial charge in [0.15, 0.2) is 4.73 Å². The van der Waals surface area contributed by atoms with Crippen LogP contribution in [0.3, 0.4) is 0 Å². The molecule has 0 aliphatic heterocycles. The molecule has 0 saturated heterocycles. The molecule has 0 bridgehead atoms. The lowest BCUT2D eigenvalue weighted by atomic mass is 10.3. The van der Waals surface area contributed by atoms with Gasteiger partial charge in [-0.25, -0.2) is 9.37 Å². The third kappa shape index (κ3) is 0.948. The zero-order valence-corrected chi connectivity index (χ0v) is 7.97. The van der Waals surface area contributed by atoms with E-state index in [0.29, 0.717) is 15.8 Å². The molecule has 2 nitrogen and oxygen atoms in total. The maximum Gasteiger partial charge on any atom is 0.177 e. The van der Waals surface area contributed by atoms with Crippen LogP contribution in [-0.4, -0.2) is 9.55 Å². The number of hydrogen-bond donors (Lipinski definition) is 0. The first-order valence-electron chi connectivity index (χ1n) is 3.46. The van der Waals surface area contributed by atoms with Gasteiger partial charge in [0.2, 0.25) is 0 Å². The van der Waals surface area contributed by atoms with E-state index in [1.54, 1.807) is 23.7 Å². The molecule has 0 fully saturated rings. The molecule has 0 radical (unpaired) electrons. The molecule has 1 aromatic carbocycles. The van der Waals surface area contributed by atoms with Gasteiger partial charge in [-0.2, -0.15) is 0 Å². The fraction of sp³-hybridized carbons (Fsp3) is 0.125. The maximum atomic E-state index is 13.2. The van der Waals surface area contributed by atoms with Gasteiger partial charge < -0.3 is 4.57 Å². The molecule has 0 amide bonds. The SMILES string of the molecule is Cn1c(Br)nc2cccc(F)c21. The normalized spacial score (nSPS) is 10.9. The number of nitrogens with zero attached hydrogens (tertiary/aromatic N) is 2. The van der Waals surface area contributed by atoms with Crippen molar-refractivity contribution in [2.45, 2.75) is 0 Å². The van der Waals surface area contributed by atoms with Crippen molar-refractivity contribution < 1.29 is 4.39 Å². The van der Waals surface area contributed by atoms with E-state index in [9.17, 15) is 4.39 Å². The number of benzene rings is 1. The lowest BCUT2D eigenvalue weighted by Gasteiger charge is -1.95. The second-order valence-electron chi connectivity index (χ2n) is 2.55. The Morgan fingerprint density at radius 2 is 2.25 bits per heavy atom. The van der Waals surface area contributed by atoms with Crippen LogP contribution in [0.2, 0.25) is 0 Å². The van der Waals surface area contributed by atoms with Gasteiger partial charge in [-0.05, 0) is 28.1 Å². The van der Waals surface area contributed by atoms with Crippen LogP contribution < -0.4 is 0 Å². The van der Waals surface area contributed by atoms with Crippen molar-refractivity contribution in [1.82, 2.24) is 9.55 Å². The number of halogens is 2. The smallest absolute Gasteiger partial charge is 0.177 e. The van der Waals surface area contributed by atoms with Crippen molar-refractivity contribution in [2.24, 2.45) is 7.05 Å². The first-order chi connectivity index (χ1) is 5.70. The fourth-order valence-corrected chi connectivity index (χ4v) is 1.56. The van der Waals surface area contributed by atoms with E-state index >= 15 is 0 Å². The Kier molecular flexibility index (Phi) is 1.65. The minimum Gasteiger partial charge on any atom is -0.319 e. The molecule has 0 spiro atoms. The molecule has 0 unspecified atom stereocenters. The monoisotopic (exact) mass is 228 g/mol. The molecule has 0 atom stereocenters. The second kappa shape index (κ2) is 2.55. The highest BCUT2D eigenvalue weighted by atomic mass is 79.9. The summed E-state index contributed by atoms with van der Waals surface area (Å²) in [5.74, 6) is -0.242. The number of fused-ring (bicyclic) bond motifs is 1. The maximum absolute atomic E-state index is 13.2. The quantitative estimate of drug-likeness (QED) is 0.678. The van der Waals surface area contributed by atoms with Crippen molar-refractivity contribution in [3.8, 4) is 0 Å². The number of aromatic nitrogens is 2. The number of para-hydroxylation sites is 1. The summed E-state index contributed by atoms with van der Waals surface area (Å²) in [6.07, 6.45) is 0. The second-order valence-corrected chi connectivity index (χ2v) is 3.26. The van der Waals surface area contributed by atoms with Crippen molar-refractivity contribution in [1.29, 1.82) is 0 Å². The van der Waals surface area contributed by atoms with Crippen LogP contribution in [-0.2, 0) is 7.05 Å². The fourth-order valence-electron chi connectivity index (χ4n) is 1.19. The van der Waals surface area contributed by atoms with Gasteiger partial charge in [0.05, 0.1) is 5.52 Å². The van der Waals surface area contributed by atoms with Crippen LogP contribution in [0.25, 0.3) is 11.0 Å². The predicted octanol–water partition coefficient (Wildman–Crippen LogP) is 2.47. The Morgan fingerprint density at radius 3 is 2.92 bits per heavy atom. The minimum absolute atomic E-state index is 0.242. The third-order valence-corrected chi connectivity index (χ3v) is 2.50. The Morgan fingerprint density at radius 1 is 1.50 bits per heavy atom. The number of aryl methyl sites for hydroxylation is 1. The molecule has 0 aliphatic rings. The molecule has 4 heteroatoms. The molecular weight excluding hydrogens is 223 g/mol. The average Bonchev–Trinajstić information content (AvgIpc) is 2.29. The van der Waals surface area contributed by atoms with Crippen LogP contribution in [0.15, 0.2) is 22.9 Å². The molecule has 0 N–H and O–H groups in total. The zero-order valence-electron chi connectivity index (χ0n) is 6.38. The highest BCUT2D eigenvalue weighted by Crippen LogP contribution is 2.20. The van der Waals surface area contributed by atoms with Crippen molar-refractivity contribution in [3.05, 3.63) is 28.7 Å². The van der Waals surface area contributed by atoms with Gasteiger partial charge in [-0.3, -0.25) is 0 Å². The average molecular weight is 229 g/mol. The number of imidazole rings is 1. The van der Waals surface area contributed by atoms with Gasteiger partial charge >= 0.3 is 0 Å². The van der Waals surface area contributed by atoms with Gasteiger partial charge in [0.25, 0.3) is 0 Å². The van der Waals surface area contributed by atoms with Crippen molar-refractivity contribution in [2.75, 3.05) is 0 Å². The van der Waals surface area contributed by atoms with Crippen LogP contribution in [0.4, 0.5) is 4.39 Å². The highest BCUT2D eigenvalue weighted by Gasteiger charge is 2.08. The van der Waals surface area contributed by atoms with Gasteiger partial charge in [-0.15, -0.1) is 0 Å². The molecule has 1 aromatic heterocycles. The van der Waals surface area contributed by atoms with E-state index in [1.165, 1.54) is 6.07 Å². The Labute approximate surface area is 77.1 Å². The van der Waals surface area contributed by atoms with E-state index in [0.717, 1.165) is 0 Å². The Balaban J connectivity index is 2.97. The summed E-state index contributed by atoms with van der Waals surface area (Å²) in [6, 6.07) is 4.86. The van der Waals surface area contributed by atoms with Crippen LogP contribution >= 0.6 is 15.9 Å². The summed E-state index contributed by atoms with van der Waals surface area (Å²) in [4.78, 5) is 4.11. The predicted molar refractivity (Wildman–Crippen MR) is 48.4 cm³/mol. The van der Waals surface area contributed by atoms with E-state index in [1.807, 2.05) is 0 Å². The summed E-state index contributed by atoms with van der Waals surface area (Å²) < 4.78 is 15.5. The van der Waals surface area contributed by atoms with Crippen molar-refractivity contribution >= 4 is 27.0 Å². The molecule has 0 aliphatic carbocycles. The van der Waals surface area contributed by atoms with Gasteiger partial charge in [0.1, 0.15) is 11.3 Å². The first kappa shape index (κ1) is 7.73. The summed E-state index contributed by atoms with van der Waals surface area (Å²) in [6.45, 7) is 0. The lowest BCUT2D eigenvalue weighted by molar-refractivity contribution is 0.631. The summed E-state index contributed by atoms with van der Waals surface area (Å²) >= 11 is 3.23. The summed E-state index contributed by atoms with van der Waals surface area (Å²) in [7, 11) is 1.77. The third-order valence-electron chi connectivity index (χ3n) is 1.79. The van der Waals surface area contributed by atoms with E-state index in [2.05, 4.69) is 20.9 Å². The highest BCUT2D eigenvalue weighted by molar-refractivity contribution is 9.10. The Hall–Kier alpha value is -0.900. The molecule has 2 rings (SSSR count). The molecular formula is C8H6BrFN2.